The molecule has 94 valence electrons. The van der Waals surface area contributed by atoms with Gasteiger partial charge in [-0.1, -0.05) is 0 Å². The average molecular weight is 258 g/mol. The van der Waals surface area contributed by atoms with Crippen molar-refractivity contribution < 1.29 is 18.3 Å². The molecule has 1 aromatic carbocycles. The molecule has 3 N–H and O–H groups in total. The van der Waals surface area contributed by atoms with Crippen LogP contribution in [0.1, 0.15) is 17.3 Å². The van der Waals surface area contributed by atoms with Gasteiger partial charge in [0.1, 0.15) is 0 Å². The Labute approximate surface area is 99.7 Å². The first kappa shape index (κ1) is 13.3. The Kier molecular flexibility index (Phi) is 3.62. The van der Waals surface area contributed by atoms with Gasteiger partial charge in [0, 0.05) is 7.05 Å². The Morgan fingerprint density at radius 1 is 1.47 bits per heavy atom. The highest BCUT2D eigenvalue weighted by Gasteiger charge is 2.18. The Morgan fingerprint density at radius 2 is 2.06 bits per heavy atom. The fourth-order valence-electron chi connectivity index (χ4n) is 1.32. The smallest absolute Gasteiger partial charge is 0.335 e. The van der Waals surface area contributed by atoms with Crippen LogP contribution in [0.4, 0.5) is 11.4 Å². The lowest BCUT2D eigenvalue weighted by Gasteiger charge is -2.20. The zero-order valence-electron chi connectivity index (χ0n) is 9.54. The van der Waals surface area contributed by atoms with E-state index in [2.05, 4.69) is 0 Å². The molecule has 1 aromatic rings. The van der Waals surface area contributed by atoms with Crippen molar-refractivity contribution >= 4 is 27.4 Å². The van der Waals surface area contributed by atoms with E-state index in [-0.39, 0.29) is 22.7 Å². The van der Waals surface area contributed by atoms with Crippen LogP contribution >= 0.6 is 0 Å². The number of rotatable bonds is 4. The van der Waals surface area contributed by atoms with Crippen LogP contribution in [-0.2, 0) is 10.0 Å². The number of sulfonamides is 1. The minimum Gasteiger partial charge on any atom is -0.478 e. The second-order valence-corrected chi connectivity index (χ2v) is 5.74. The van der Waals surface area contributed by atoms with Gasteiger partial charge >= 0.3 is 5.97 Å². The van der Waals surface area contributed by atoms with E-state index in [1.165, 1.54) is 32.2 Å². The molecule has 0 saturated heterocycles. The first-order valence-corrected chi connectivity index (χ1v) is 6.50. The number of nitrogens with two attached hydrogens (primary N) is 1. The topological polar surface area (TPSA) is 101 Å². The van der Waals surface area contributed by atoms with Crippen molar-refractivity contribution in [2.24, 2.45) is 0 Å². The third kappa shape index (κ3) is 2.68. The van der Waals surface area contributed by atoms with E-state index >= 15 is 0 Å². The minimum absolute atomic E-state index is 0.0218. The summed E-state index contributed by atoms with van der Waals surface area (Å²) in [4.78, 5) is 10.7. The lowest BCUT2D eigenvalue weighted by Crippen LogP contribution is -2.28. The second kappa shape index (κ2) is 4.62. The number of anilines is 2. The van der Waals surface area contributed by atoms with Crippen molar-refractivity contribution in [1.82, 2.24) is 0 Å². The Hall–Kier alpha value is -1.76. The number of hydrogen-bond acceptors (Lipinski definition) is 4. The average Bonchev–Trinajstić information content (AvgIpc) is 2.27. The molecule has 17 heavy (non-hydrogen) atoms. The van der Waals surface area contributed by atoms with E-state index < -0.39 is 16.0 Å². The summed E-state index contributed by atoms with van der Waals surface area (Å²) in [5.41, 5.74) is 6.05. The SMILES string of the molecule is CCS(=O)(=O)N(C)c1ccc(C(=O)O)cc1N. The van der Waals surface area contributed by atoms with Crippen molar-refractivity contribution in [2.75, 3.05) is 22.8 Å². The molecule has 0 aliphatic rings. The molecule has 0 bridgehead atoms. The van der Waals surface area contributed by atoms with E-state index in [0.29, 0.717) is 0 Å². The summed E-state index contributed by atoms with van der Waals surface area (Å²) in [7, 11) is -2.02. The molecular formula is C10H14N2O4S. The van der Waals surface area contributed by atoms with Gasteiger partial charge in [0.05, 0.1) is 22.7 Å². The van der Waals surface area contributed by atoms with Gasteiger partial charge in [0.15, 0.2) is 0 Å². The molecule has 0 aromatic heterocycles. The van der Waals surface area contributed by atoms with Crippen LogP contribution < -0.4 is 10.0 Å². The maximum atomic E-state index is 11.6. The molecule has 7 heteroatoms. The van der Waals surface area contributed by atoms with Crippen molar-refractivity contribution in [1.29, 1.82) is 0 Å². The second-order valence-electron chi connectivity index (χ2n) is 3.45. The van der Waals surface area contributed by atoms with Crippen LogP contribution in [-0.4, -0.2) is 32.3 Å². The molecule has 0 radical (unpaired) electrons. The van der Waals surface area contributed by atoms with Gasteiger partial charge in [-0.05, 0) is 25.1 Å². The molecule has 0 atom stereocenters. The van der Waals surface area contributed by atoms with Crippen LogP contribution in [0.2, 0.25) is 0 Å². The minimum atomic E-state index is -3.40. The van der Waals surface area contributed by atoms with Crippen LogP contribution in [0.5, 0.6) is 0 Å². The summed E-state index contributed by atoms with van der Waals surface area (Å²) in [5, 5.41) is 8.76. The van der Waals surface area contributed by atoms with E-state index in [1.54, 1.807) is 0 Å². The number of nitrogen functional groups attached to an aromatic ring is 1. The summed E-state index contributed by atoms with van der Waals surface area (Å²) >= 11 is 0. The monoisotopic (exact) mass is 258 g/mol. The quantitative estimate of drug-likeness (QED) is 0.776. The molecule has 0 heterocycles. The van der Waals surface area contributed by atoms with E-state index in [4.69, 9.17) is 10.8 Å². The molecule has 0 amide bonds. The third-order valence-electron chi connectivity index (χ3n) is 2.40. The number of hydrogen-bond donors (Lipinski definition) is 2. The normalized spacial score (nSPS) is 11.2. The summed E-state index contributed by atoms with van der Waals surface area (Å²) in [6.07, 6.45) is 0. The van der Waals surface area contributed by atoms with Gasteiger partial charge in [-0.15, -0.1) is 0 Å². The Bertz CT molecular complexity index is 539. The third-order valence-corrected chi connectivity index (χ3v) is 4.16. The Morgan fingerprint density at radius 3 is 2.47 bits per heavy atom. The van der Waals surface area contributed by atoms with Gasteiger partial charge in [-0.25, -0.2) is 13.2 Å². The highest BCUT2D eigenvalue weighted by molar-refractivity contribution is 7.92. The Balaban J connectivity index is 3.22. The molecule has 1 rings (SSSR count). The number of carbonyl (C=O) groups is 1. The summed E-state index contributed by atoms with van der Waals surface area (Å²) in [6, 6.07) is 3.93. The van der Waals surface area contributed by atoms with Crippen LogP contribution in [0, 0.1) is 0 Å². The predicted molar refractivity (Wildman–Crippen MR) is 65.7 cm³/mol. The highest BCUT2D eigenvalue weighted by Crippen LogP contribution is 2.25. The lowest BCUT2D eigenvalue weighted by atomic mass is 10.2. The van der Waals surface area contributed by atoms with Crippen molar-refractivity contribution in [2.45, 2.75) is 6.92 Å². The molecule has 6 nitrogen and oxygen atoms in total. The molecule has 0 unspecified atom stereocenters. The predicted octanol–water partition coefficient (Wildman–Crippen LogP) is 0.753. The number of aromatic carboxylic acids is 1. The van der Waals surface area contributed by atoms with E-state index in [9.17, 15) is 13.2 Å². The molecule has 0 saturated carbocycles. The van der Waals surface area contributed by atoms with E-state index in [0.717, 1.165) is 4.31 Å². The van der Waals surface area contributed by atoms with Crippen LogP contribution in [0.15, 0.2) is 18.2 Å². The van der Waals surface area contributed by atoms with Gasteiger partial charge in [0.25, 0.3) is 0 Å². The van der Waals surface area contributed by atoms with Gasteiger partial charge < -0.3 is 10.8 Å². The fraction of sp³-hybridized carbons (Fsp3) is 0.300. The van der Waals surface area contributed by atoms with Crippen molar-refractivity contribution in [3.8, 4) is 0 Å². The van der Waals surface area contributed by atoms with Crippen molar-refractivity contribution in [3.63, 3.8) is 0 Å². The number of carboxylic acids is 1. The van der Waals surface area contributed by atoms with Gasteiger partial charge in [0.2, 0.25) is 10.0 Å². The molecule has 0 spiro atoms. The summed E-state index contributed by atoms with van der Waals surface area (Å²) in [6.45, 7) is 1.52. The lowest BCUT2D eigenvalue weighted by molar-refractivity contribution is 0.0697. The molecule has 0 fully saturated rings. The standard InChI is InChI=1S/C10H14N2O4S/c1-3-17(15,16)12(2)9-5-4-7(10(13)14)6-8(9)11/h4-6H,3,11H2,1-2H3,(H,13,14). The molecular weight excluding hydrogens is 244 g/mol. The van der Waals surface area contributed by atoms with Crippen LogP contribution in [0.3, 0.4) is 0 Å². The largest absolute Gasteiger partial charge is 0.478 e. The number of carboxylic acid groups (broad SMARTS) is 1. The molecule has 0 aliphatic heterocycles. The summed E-state index contributed by atoms with van der Waals surface area (Å²) in [5.74, 6) is -1.16. The van der Waals surface area contributed by atoms with E-state index in [1.807, 2.05) is 0 Å². The fourth-order valence-corrected chi connectivity index (χ4v) is 2.17. The zero-order valence-corrected chi connectivity index (χ0v) is 10.4. The van der Waals surface area contributed by atoms with Gasteiger partial charge in [-0.3, -0.25) is 4.31 Å². The first-order chi connectivity index (χ1) is 7.79. The highest BCUT2D eigenvalue weighted by atomic mass is 32.2. The van der Waals surface area contributed by atoms with Crippen molar-refractivity contribution in [3.05, 3.63) is 23.8 Å². The maximum absolute atomic E-state index is 11.6. The summed E-state index contributed by atoms with van der Waals surface area (Å²) < 4.78 is 24.3. The number of benzene rings is 1. The zero-order chi connectivity index (χ0) is 13.2. The van der Waals surface area contributed by atoms with Crippen LogP contribution in [0.25, 0.3) is 0 Å². The molecule has 0 aliphatic carbocycles. The maximum Gasteiger partial charge on any atom is 0.335 e. The number of nitrogens with zero attached hydrogens (tertiary/aromatic N) is 1. The van der Waals surface area contributed by atoms with Gasteiger partial charge in [-0.2, -0.15) is 0 Å². The first-order valence-electron chi connectivity index (χ1n) is 4.89.